The largest absolute Gasteiger partial charge is 0.265 e. The Balaban J connectivity index is 2.12. The SMILES string of the molecule is Cc1cc(Cn2nc(C)cc2C)c2ccccc2n1. The van der Waals surface area contributed by atoms with Gasteiger partial charge in [-0.05, 0) is 44.5 Å². The molecule has 0 N–H and O–H groups in total. The van der Waals surface area contributed by atoms with Gasteiger partial charge in [0.15, 0.2) is 0 Å². The predicted octanol–water partition coefficient (Wildman–Crippen LogP) is 3.40. The van der Waals surface area contributed by atoms with E-state index < -0.39 is 0 Å². The van der Waals surface area contributed by atoms with Crippen LogP contribution in [0, 0.1) is 20.8 Å². The summed E-state index contributed by atoms with van der Waals surface area (Å²) >= 11 is 0. The molecule has 96 valence electrons. The van der Waals surface area contributed by atoms with Crippen LogP contribution in [0.2, 0.25) is 0 Å². The second-order valence-electron chi connectivity index (χ2n) is 5.02. The maximum Gasteiger partial charge on any atom is 0.0708 e. The molecule has 2 aromatic heterocycles. The first-order chi connectivity index (χ1) is 9.13. The van der Waals surface area contributed by atoms with Crippen molar-refractivity contribution >= 4 is 10.9 Å². The molecule has 0 aliphatic carbocycles. The Morgan fingerprint density at radius 1 is 1.00 bits per heavy atom. The highest BCUT2D eigenvalue weighted by Gasteiger charge is 2.07. The quantitative estimate of drug-likeness (QED) is 0.699. The first-order valence-electron chi connectivity index (χ1n) is 6.50. The van der Waals surface area contributed by atoms with Crippen molar-refractivity contribution in [1.29, 1.82) is 0 Å². The molecule has 0 atom stereocenters. The van der Waals surface area contributed by atoms with E-state index in [1.165, 1.54) is 16.6 Å². The Morgan fingerprint density at radius 3 is 2.53 bits per heavy atom. The fourth-order valence-electron chi connectivity index (χ4n) is 2.52. The summed E-state index contributed by atoms with van der Waals surface area (Å²) in [5, 5.41) is 5.75. The molecule has 0 aliphatic heterocycles. The molecule has 0 unspecified atom stereocenters. The van der Waals surface area contributed by atoms with Crippen LogP contribution in [-0.2, 0) is 6.54 Å². The van der Waals surface area contributed by atoms with Gasteiger partial charge >= 0.3 is 0 Å². The number of benzene rings is 1. The third-order valence-corrected chi connectivity index (χ3v) is 3.35. The zero-order valence-electron chi connectivity index (χ0n) is 11.5. The van der Waals surface area contributed by atoms with Crippen LogP contribution in [0.5, 0.6) is 0 Å². The zero-order valence-corrected chi connectivity index (χ0v) is 11.5. The van der Waals surface area contributed by atoms with E-state index in [0.717, 1.165) is 23.4 Å². The molecule has 0 amide bonds. The second-order valence-corrected chi connectivity index (χ2v) is 5.02. The molecule has 2 heterocycles. The summed E-state index contributed by atoms with van der Waals surface area (Å²) in [5.74, 6) is 0. The monoisotopic (exact) mass is 251 g/mol. The van der Waals surface area contributed by atoms with Gasteiger partial charge in [-0.2, -0.15) is 5.10 Å². The zero-order chi connectivity index (χ0) is 13.4. The third kappa shape index (κ3) is 2.24. The van der Waals surface area contributed by atoms with E-state index in [9.17, 15) is 0 Å². The number of hydrogen-bond donors (Lipinski definition) is 0. The molecule has 0 aliphatic rings. The number of pyridine rings is 1. The van der Waals surface area contributed by atoms with Crippen LogP contribution >= 0.6 is 0 Å². The number of para-hydroxylation sites is 1. The Bertz CT molecular complexity index is 741. The molecule has 19 heavy (non-hydrogen) atoms. The van der Waals surface area contributed by atoms with Gasteiger partial charge in [0.25, 0.3) is 0 Å². The first-order valence-corrected chi connectivity index (χ1v) is 6.50. The summed E-state index contributed by atoms with van der Waals surface area (Å²) in [5.41, 5.74) is 5.63. The van der Waals surface area contributed by atoms with Crippen LogP contribution in [-0.4, -0.2) is 14.8 Å². The van der Waals surface area contributed by atoms with E-state index in [1.807, 2.05) is 19.9 Å². The van der Waals surface area contributed by atoms with Gasteiger partial charge in [0.05, 0.1) is 17.8 Å². The number of aryl methyl sites for hydroxylation is 3. The van der Waals surface area contributed by atoms with Crippen LogP contribution in [0.15, 0.2) is 36.4 Å². The number of hydrogen-bond acceptors (Lipinski definition) is 2. The summed E-state index contributed by atoms with van der Waals surface area (Å²) in [6, 6.07) is 12.5. The molecule has 0 spiro atoms. The highest BCUT2D eigenvalue weighted by atomic mass is 15.3. The summed E-state index contributed by atoms with van der Waals surface area (Å²) in [6.45, 7) is 6.95. The second kappa shape index (κ2) is 4.50. The Hall–Kier alpha value is -2.16. The van der Waals surface area contributed by atoms with Crippen molar-refractivity contribution in [2.75, 3.05) is 0 Å². The molecule has 0 saturated carbocycles. The third-order valence-electron chi connectivity index (χ3n) is 3.35. The van der Waals surface area contributed by atoms with Crippen molar-refractivity contribution < 1.29 is 0 Å². The fourth-order valence-corrected chi connectivity index (χ4v) is 2.52. The fraction of sp³-hybridized carbons (Fsp3) is 0.250. The molecule has 0 saturated heterocycles. The molecular weight excluding hydrogens is 234 g/mol. The smallest absolute Gasteiger partial charge is 0.0708 e. The van der Waals surface area contributed by atoms with Crippen molar-refractivity contribution in [2.45, 2.75) is 27.3 Å². The molecule has 3 heteroatoms. The van der Waals surface area contributed by atoms with Crippen molar-refractivity contribution in [3.05, 3.63) is 59.0 Å². The van der Waals surface area contributed by atoms with Gasteiger partial charge in [-0.3, -0.25) is 9.67 Å². The van der Waals surface area contributed by atoms with Crippen LogP contribution in [0.25, 0.3) is 10.9 Å². The van der Waals surface area contributed by atoms with Gasteiger partial charge in [-0.25, -0.2) is 0 Å². The summed E-state index contributed by atoms with van der Waals surface area (Å²) < 4.78 is 2.05. The van der Waals surface area contributed by atoms with E-state index in [-0.39, 0.29) is 0 Å². The average molecular weight is 251 g/mol. The number of aromatic nitrogens is 3. The lowest BCUT2D eigenvalue weighted by atomic mass is 10.1. The first kappa shape index (κ1) is 11.9. The lowest BCUT2D eigenvalue weighted by Gasteiger charge is -2.09. The number of nitrogens with zero attached hydrogens (tertiary/aromatic N) is 3. The molecule has 0 radical (unpaired) electrons. The van der Waals surface area contributed by atoms with E-state index in [1.54, 1.807) is 0 Å². The van der Waals surface area contributed by atoms with Gasteiger partial charge in [0, 0.05) is 16.8 Å². The molecule has 3 nitrogen and oxygen atoms in total. The molecule has 3 aromatic rings. The van der Waals surface area contributed by atoms with Crippen LogP contribution < -0.4 is 0 Å². The van der Waals surface area contributed by atoms with Gasteiger partial charge in [-0.15, -0.1) is 0 Å². The summed E-state index contributed by atoms with van der Waals surface area (Å²) in [7, 11) is 0. The Kier molecular flexibility index (Phi) is 2.82. The lowest BCUT2D eigenvalue weighted by Crippen LogP contribution is -2.05. The van der Waals surface area contributed by atoms with E-state index in [4.69, 9.17) is 0 Å². The molecule has 1 aromatic carbocycles. The maximum absolute atomic E-state index is 4.58. The topological polar surface area (TPSA) is 30.7 Å². The predicted molar refractivity (Wildman–Crippen MR) is 77.3 cm³/mol. The minimum Gasteiger partial charge on any atom is -0.265 e. The minimum atomic E-state index is 0.795. The standard InChI is InChI=1S/C16H17N3/c1-11-9-14(10-19-13(3)8-12(2)18-19)15-6-4-5-7-16(15)17-11/h4-9H,10H2,1-3H3. The highest BCUT2D eigenvalue weighted by Crippen LogP contribution is 2.19. The molecule has 0 bridgehead atoms. The van der Waals surface area contributed by atoms with Crippen molar-refractivity contribution in [1.82, 2.24) is 14.8 Å². The van der Waals surface area contributed by atoms with Crippen molar-refractivity contribution in [3.8, 4) is 0 Å². The normalized spacial score (nSPS) is 11.1. The lowest BCUT2D eigenvalue weighted by molar-refractivity contribution is 0.661. The van der Waals surface area contributed by atoms with Crippen LogP contribution in [0.4, 0.5) is 0 Å². The Morgan fingerprint density at radius 2 is 1.79 bits per heavy atom. The van der Waals surface area contributed by atoms with Crippen molar-refractivity contribution in [2.24, 2.45) is 0 Å². The van der Waals surface area contributed by atoms with E-state index in [0.29, 0.717) is 0 Å². The Labute approximate surface area is 112 Å². The van der Waals surface area contributed by atoms with Crippen LogP contribution in [0.3, 0.4) is 0 Å². The van der Waals surface area contributed by atoms with Gasteiger partial charge < -0.3 is 0 Å². The minimum absolute atomic E-state index is 0.795. The molecular formula is C16H17N3. The maximum atomic E-state index is 4.58. The van der Waals surface area contributed by atoms with Gasteiger partial charge in [-0.1, -0.05) is 18.2 Å². The molecule has 0 fully saturated rings. The van der Waals surface area contributed by atoms with Gasteiger partial charge in [0.1, 0.15) is 0 Å². The van der Waals surface area contributed by atoms with Crippen molar-refractivity contribution in [3.63, 3.8) is 0 Å². The van der Waals surface area contributed by atoms with Crippen LogP contribution in [0.1, 0.15) is 22.6 Å². The van der Waals surface area contributed by atoms with E-state index >= 15 is 0 Å². The number of fused-ring (bicyclic) bond motifs is 1. The van der Waals surface area contributed by atoms with E-state index in [2.05, 4.69) is 52.0 Å². The average Bonchev–Trinajstić information content (AvgIpc) is 2.67. The summed E-state index contributed by atoms with van der Waals surface area (Å²) in [4.78, 5) is 4.58. The number of rotatable bonds is 2. The van der Waals surface area contributed by atoms with Gasteiger partial charge in [0.2, 0.25) is 0 Å². The summed E-state index contributed by atoms with van der Waals surface area (Å²) in [6.07, 6.45) is 0. The molecule has 3 rings (SSSR count). The highest BCUT2D eigenvalue weighted by molar-refractivity contribution is 5.82.